The molecule has 0 aliphatic carbocycles. The fourth-order valence-corrected chi connectivity index (χ4v) is 3.16. The standard InChI is InChI=1S/C16H26N2O2/c1-12(18-8-4-5-14(18)11-17)9-13-6-7-15(19-2)16(10-13)20-3/h6-7,10,12,14H,4-5,8-9,11,17H2,1-3H3. The van der Waals surface area contributed by atoms with Crippen molar-refractivity contribution < 1.29 is 9.47 Å². The van der Waals surface area contributed by atoms with Gasteiger partial charge in [-0.15, -0.1) is 0 Å². The molecule has 1 fully saturated rings. The summed E-state index contributed by atoms with van der Waals surface area (Å²) in [4.78, 5) is 2.54. The lowest BCUT2D eigenvalue weighted by atomic mass is 10.0. The van der Waals surface area contributed by atoms with Gasteiger partial charge in [-0.05, 0) is 50.4 Å². The van der Waals surface area contributed by atoms with E-state index in [-0.39, 0.29) is 0 Å². The van der Waals surface area contributed by atoms with E-state index in [9.17, 15) is 0 Å². The molecule has 1 heterocycles. The highest BCUT2D eigenvalue weighted by Gasteiger charge is 2.27. The third-order valence-electron chi connectivity index (χ3n) is 4.24. The van der Waals surface area contributed by atoms with Crippen LogP contribution in [0.1, 0.15) is 25.3 Å². The Morgan fingerprint density at radius 2 is 2.05 bits per heavy atom. The Morgan fingerprint density at radius 1 is 1.30 bits per heavy atom. The molecule has 0 saturated carbocycles. The van der Waals surface area contributed by atoms with Crippen LogP contribution in [0.2, 0.25) is 0 Å². The molecule has 2 N–H and O–H groups in total. The maximum absolute atomic E-state index is 5.86. The third kappa shape index (κ3) is 3.25. The molecule has 1 saturated heterocycles. The average Bonchev–Trinajstić information content (AvgIpc) is 2.95. The van der Waals surface area contributed by atoms with Crippen LogP contribution in [-0.2, 0) is 6.42 Å². The number of benzene rings is 1. The van der Waals surface area contributed by atoms with Crippen LogP contribution < -0.4 is 15.2 Å². The second kappa shape index (κ2) is 6.95. The van der Waals surface area contributed by atoms with E-state index in [1.807, 2.05) is 6.07 Å². The van der Waals surface area contributed by atoms with E-state index in [4.69, 9.17) is 15.2 Å². The second-order valence-corrected chi connectivity index (χ2v) is 5.51. The quantitative estimate of drug-likeness (QED) is 0.865. The van der Waals surface area contributed by atoms with E-state index >= 15 is 0 Å². The van der Waals surface area contributed by atoms with Crippen LogP contribution in [0, 0.1) is 0 Å². The molecule has 4 nitrogen and oxygen atoms in total. The van der Waals surface area contributed by atoms with Crippen molar-refractivity contribution in [3.8, 4) is 11.5 Å². The Balaban J connectivity index is 2.05. The number of nitrogens with two attached hydrogens (primary N) is 1. The van der Waals surface area contributed by atoms with Crippen molar-refractivity contribution in [3.63, 3.8) is 0 Å². The van der Waals surface area contributed by atoms with Crippen molar-refractivity contribution in [1.29, 1.82) is 0 Å². The van der Waals surface area contributed by atoms with Gasteiger partial charge in [0.25, 0.3) is 0 Å². The highest BCUT2D eigenvalue weighted by atomic mass is 16.5. The highest BCUT2D eigenvalue weighted by Crippen LogP contribution is 2.29. The van der Waals surface area contributed by atoms with Gasteiger partial charge in [-0.25, -0.2) is 0 Å². The summed E-state index contributed by atoms with van der Waals surface area (Å²) >= 11 is 0. The van der Waals surface area contributed by atoms with Crippen LogP contribution in [0.4, 0.5) is 0 Å². The normalized spacial score (nSPS) is 20.9. The van der Waals surface area contributed by atoms with Crippen molar-refractivity contribution >= 4 is 0 Å². The van der Waals surface area contributed by atoms with Gasteiger partial charge < -0.3 is 15.2 Å². The number of hydrogen-bond acceptors (Lipinski definition) is 4. The SMILES string of the molecule is COc1ccc(CC(C)N2CCCC2CN)cc1OC. The maximum atomic E-state index is 5.86. The molecule has 0 bridgehead atoms. The van der Waals surface area contributed by atoms with Gasteiger partial charge in [0.15, 0.2) is 11.5 Å². The molecule has 1 aliphatic rings. The first-order valence-electron chi connectivity index (χ1n) is 7.36. The van der Waals surface area contributed by atoms with Crippen molar-refractivity contribution in [1.82, 2.24) is 4.90 Å². The minimum absolute atomic E-state index is 0.504. The van der Waals surface area contributed by atoms with Crippen LogP contribution in [0.3, 0.4) is 0 Å². The zero-order valence-electron chi connectivity index (χ0n) is 12.8. The third-order valence-corrected chi connectivity index (χ3v) is 4.24. The summed E-state index contributed by atoms with van der Waals surface area (Å²) in [5.41, 5.74) is 7.14. The number of methoxy groups -OCH3 is 2. The van der Waals surface area contributed by atoms with Crippen LogP contribution in [-0.4, -0.2) is 44.3 Å². The Morgan fingerprint density at radius 3 is 2.70 bits per heavy atom. The molecule has 0 radical (unpaired) electrons. The number of nitrogens with zero attached hydrogens (tertiary/aromatic N) is 1. The Bertz CT molecular complexity index is 436. The van der Waals surface area contributed by atoms with Gasteiger partial charge in [0.2, 0.25) is 0 Å². The lowest BCUT2D eigenvalue weighted by Crippen LogP contribution is -2.42. The van der Waals surface area contributed by atoms with Gasteiger partial charge in [0.05, 0.1) is 14.2 Å². The molecule has 1 aliphatic heterocycles. The van der Waals surface area contributed by atoms with Crippen LogP contribution in [0.25, 0.3) is 0 Å². The summed E-state index contributed by atoms with van der Waals surface area (Å²) in [6.45, 7) is 4.21. The van der Waals surface area contributed by atoms with E-state index in [0.29, 0.717) is 12.1 Å². The summed E-state index contributed by atoms with van der Waals surface area (Å²) in [5.74, 6) is 1.58. The van der Waals surface area contributed by atoms with Crippen LogP contribution >= 0.6 is 0 Å². The van der Waals surface area contributed by atoms with Crippen LogP contribution in [0.5, 0.6) is 11.5 Å². The predicted octanol–water partition coefficient (Wildman–Crippen LogP) is 2.06. The van der Waals surface area contributed by atoms with E-state index < -0.39 is 0 Å². The molecule has 2 atom stereocenters. The molecule has 112 valence electrons. The van der Waals surface area contributed by atoms with Gasteiger partial charge in [-0.3, -0.25) is 4.90 Å². The van der Waals surface area contributed by atoms with E-state index in [1.54, 1.807) is 14.2 Å². The van der Waals surface area contributed by atoms with E-state index in [1.165, 1.54) is 18.4 Å². The summed E-state index contributed by atoms with van der Waals surface area (Å²) in [6, 6.07) is 7.22. The molecular weight excluding hydrogens is 252 g/mol. The lowest BCUT2D eigenvalue weighted by molar-refractivity contribution is 0.194. The van der Waals surface area contributed by atoms with Gasteiger partial charge in [-0.2, -0.15) is 0 Å². The molecule has 2 unspecified atom stereocenters. The number of rotatable bonds is 6. The maximum Gasteiger partial charge on any atom is 0.160 e. The Hall–Kier alpha value is -1.26. The summed E-state index contributed by atoms with van der Waals surface area (Å²) in [5, 5.41) is 0. The first-order valence-corrected chi connectivity index (χ1v) is 7.36. The Labute approximate surface area is 121 Å². The summed E-state index contributed by atoms with van der Waals surface area (Å²) in [6.07, 6.45) is 3.50. The fourth-order valence-electron chi connectivity index (χ4n) is 3.16. The molecule has 0 spiro atoms. The van der Waals surface area contributed by atoms with Crippen molar-refractivity contribution in [3.05, 3.63) is 23.8 Å². The first kappa shape index (κ1) is 15.1. The first-order chi connectivity index (χ1) is 9.69. The van der Waals surface area contributed by atoms with Gasteiger partial charge in [0, 0.05) is 18.6 Å². The molecule has 20 heavy (non-hydrogen) atoms. The minimum Gasteiger partial charge on any atom is -0.493 e. The monoisotopic (exact) mass is 278 g/mol. The second-order valence-electron chi connectivity index (χ2n) is 5.51. The predicted molar refractivity (Wildman–Crippen MR) is 81.5 cm³/mol. The molecule has 1 aromatic rings. The number of ether oxygens (including phenoxy) is 2. The highest BCUT2D eigenvalue weighted by molar-refractivity contribution is 5.43. The lowest BCUT2D eigenvalue weighted by Gasteiger charge is -2.30. The van der Waals surface area contributed by atoms with Gasteiger partial charge in [-0.1, -0.05) is 6.07 Å². The molecule has 0 amide bonds. The van der Waals surface area contributed by atoms with Crippen LogP contribution in [0.15, 0.2) is 18.2 Å². The Kier molecular flexibility index (Phi) is 5.26. The largest absolute Gasteiger partial charge is 0.493 e. The fraction of sp³-hybridized carbons (Fsp3) is 0.625. The minimum atomic E-state index is 0.504. The van der Waals surface area contributed by atoms with E-state index in [0.717, 1.165) is 31.0 Å². The molecule has 2 rings (SSSR count). The smallest absolute Gasteiger partial charge is 0.160 e. The topological polar surface area (TPSA) is 47.7 Å². The molecule has 1 aromatic carbocycles. The van der Waals surface area contributed by atoms with Crippen molar-refractivity contribution in [2.75, 3.05) is 27.3 Å². The average molecular weight is 278 g/mol. The van der Waals surface area contributed by atoms with Gasteiger partial charge >= 0.3 is 0 Å². The molecular formula is C16H26N2O2. The molecule has 0 aromatic heterocycles. The van der Waals surface area contributed by atoms with E-state index in [2.05, 4.69) is 24.0 Å². The summed E-state index contributed by atoms with van der Waals surface area (Å²) in [7, 11) is 3.34. The molecule has 4 heteroatoms. The number of likely N-dealkylation sites (tertiary alicyclic amines) is 1. The van der Waals surface area contributed by atoms with Gasteiger partial charge in [0.1, 0.15) is 0 Å². The van der Waals surface area contributed by atoms with Crippen molar-refractivity contribution in [2.24, 2.45) is 5.73 Å². The zero-order chi connectivity index (χ0) is 14.5. The summed E-state index contributed by atoms with van der Waals surface area (Å²) < 4.78 is 10.6. The zero-order valence-corrected chi connectivity index (χ0v) is 12.8. The van der Waals surface area contributed by atoms with Crippen molar-refractivity contribution in [2.45, 2.75) is 38.3 Å². The number of hydrogen-bond donors (Lipinski definition) is 1.